The van der Waals surface area contributed by atoms with Gasteiger partial charge in [0, 0.05) is 6.04 Å². The van der Waals surface area contributed by atoms with Gasteiger partial charge in [0.25, 0.3) is 0 Å². The lowest BCUT2D eigenvalue weighted by Crippen LogP contribution is -2.49. The summed E-state index contributed by atoms with van der Waals surface area (Å²) in [5.74, 6) is 1.34. The fourth-order valence-corrected chi connectivity index (χ4v) is 3.30. The van der Waals surface area contributed by atoms with Crippen LogP contribution < -0.4 is 15.6 Å². The highest BCUT2D eigenvalue weighted by molar-refractivity contribution is 5.77. The number of nitrogen functional groups attached to an aromatic ring is 1. The molecule has 4 rings (SSSR count). The molecule has 1 aliphatic heterocycles. The van der Waals surface area contributed by atoms with E-state index in [0.717, 1.165) is 17.1 Å². The number of piperidine rings is 1. The summed E-state index contributed by atoms with van der Waals surface area (Å²) < 4.78 is 2.21. The first-order valence-electron chi connectivity index (χ1n) is 6.05. The minimum Gasteiger partial charge on any atom is -0.380 e. The van der Waals surface area contributed by atoms with Gasteiger partial charge in [0.2, 0.25) is 5.52 Å². The molecule has 0 spiro atoms. The standard InChI is InChI=1S/C11H14N6/c12-10-9-11(15-4-14-10)17(5-16-9)8-2-6-1-7(8)13-3-6/h4-8,13H,1-3H2,(H2,12,14,15)/p+1/t6-,7+,8?/m1/s1. The number of rotatable bonds is 1. The van der Waals surface area contributed by atoms with E-state index >= 15 is 0 Å². The van der Waals surface area contributed by atoms with Crippen LogP contribution in [0.5, 0.6) is 0 Å². The molecule has 6 heteroatoms. The van der Waals surface area contributed by atoms with Crippen LogP contribution in [0, 0.1) is 5.92 Å². The van der Waals surface area contributed by atoms with Crippen LogP contribution in [-0.4, -0.2) is 27.5 Å². The normalized spacial score (nSPS) is 31.4. The van der Waals surface area contributed by atoms with Crippen LogP contribution in [0.25, 0.3) is 11.2 Å². The summed E-state index contributed by atoms with van der Waals surface area (Å²) >= 11 is 0. The van der Waals surface area contributed by atoms with Crippen LogP contribution >= 0.6 is 0 Å². The molecule has 1 unspecified atom stereocenters. The lowest BCUT2D eigenvalue weighted by atomic mass is 10.1. The molecule has 2 aromatic heterocycles. The van der Waals surface area contributed by atoms with Crippen LogP contribution in [0.2, 0.25) is 0 Å². The second-order valence-electron chi connectivity index (χ2n) is 5.06. The molecule has 1 aliphatic carbocycles. The first kappa shape index (κ1) is 9.35. The Balaban J connectivity index is 1.84. The van der Waals surface area contributed by atoms with Crippen molar-refractivity contribution in [2.24, 2.45) is 5.92 Å². The fraction of sp³-hybridized carbons (Fsp3) is 0.545. The molecule has 0 aromatic carbocycles. The summed E-state index contributed by atoms with van der Waals surface area (Å²) in [5.41, 5.74) is 7.59. The summed E-state index contributed by atoms with van der Waals surface area (Å²) in [6.07, 6.45) is 6.02. The first-order valence-corrected chi connectivity index (χ1v) is 6.05. The van der Waals surface area contributed by atoms with Crippen LogP contribution in [0.1, 0.15) is 18.9 Å². The Kier molecular flexibility index (Phi) is 1.74. The summed E-state index contributed by atoms with van der Waals surface area (Å²) in [5, 5.41) is 3.56. The van der Waals surface area contributed by atoms with Crippen molar-refractivity contribution in [1.29, 1.82) is 0 Å². The van der Waals surface area contributed by atoms with Gasteiger partial charge in [-0.05, 0) is 25.3 Å². The molecule has 2 bridgehead atoms. The molecule has 3 heterocycles. The van der Waals surface area contributed by atoms with Gasteiger partial charge in [-0.2, -0.15) is 4.98 Å². The minimum absolute atomic E-state index is 0.497. The maximum Gasteiger partial charge on any atom is 0.307 e. The predicted octanol–water partition coefficient (Wildman–Crippen LogP) is -0.250. The number of hydrogen-bond donors (Lipinski definition) is 3. The minimum atomic E-state index is 0.497. The van der Waals surface area contributed by atoms with Gasteiger partial charge in [0.05, 0.1) is 6.04 Å². The zero-order valence-electron chi connectivity index (χ0n) is 9.43. The molecular weight excluding hydrogens is 216 g/mol. The van der Waals surface area contributed by atoms with Gasteiger partial charge in [-0.3, -0.25) is 4.98 Å². The Labute approximate surface area is 98.3 Å². The Morgan fingerprint density at radius 1 is 1.35 bits per heavy atom. The third-order valence-electron chi connectivity index (χ3n) is 4.10. The molecule has 2 aliphatic rings. The fourth-order valence-electron chi connectivity index (χ4n) is 3.30. The third kappa shape index (κ3) is 1.21. The SMILES string of the molecule is Nc1ncnc2c1[nH]c[n+]2C1C[C@@H]2CN[C@H]1C2. The van der Waals surface area contributed by atoms with Gasteiger partial charge in [-0.25, -0.2) is 4.57 Å². The number of nitrogens with two attached hydrogens (primary N) is 1. The molecule has 0 radical (unpaired) electrons. The van der Waals surface area contributed by atoms with Crippen LogP contribution in [0.3, 0.4) is 0 Å². The van der Waals surface area contributed by atoms with E-state index in [4.69, 9.17) is 5.73 Å². The van der Waals surface area contributed by atoms with Crippen molar-refractivity contribution in [2.75, 3.05) is 12.3 Å². The Hall–Kier alpha value is -1.69. The molecular formula is C11H15N6+. The number of anilines is 1. The number of hydrogen-bond acceptors (Lipinski definition) is 4. The molecule has 1 saturated heterocycles. The van der Waals surface area contributed by atoms with Crippen molar-refractivity contribution in [3.8, 4) is 0 Å². The van der Waals surface area contributed by atoms with Crippen molar-refractivity contribution in [1.82, 2.24) is 20.3 Å². The molecule has 17 heavy (non-hydrogen) atoms. The van der Waals surface area contributed by atoms with Gasteiger partial charge >= 0.3 is 5.65 Å². The van der Waals surface area contributed by atoms with E-state index in [9.17, 15) is 0 Å². The van der Waals surface area contributed by atoms with Gasteiger partial charge < -0.3 is 11.1 Å². The second-order valence-corrected chi connectivity index (χ2v) is 5.06. The van der Waals surface area contributed by atoms with Crippen LogP contribution in [0.4, 0.5) is 5.82 Å². The van der Waals surface area contributed by atoms with Crippen molar-refractivity contribution < 1.29 is 4.57 Å². The zero-order valence-corrected chi connectivity index (χ0v) is 9.43. The van der Waals surface area contributed by atoms with Crippen molar-refractivity contribution in [3.63, 3.8) is 0 Å². The lowest BCUT2D eigenvalue weighted by molar-refractivity contribution is -0.702. The van der Waals surface area contributed by atoms with E-state index in [1.165, 1.54) is 25.7 Å². The number of aromatic nitrogens is 4. The van der Waals surface area contributed by atoms with E-state index in [2.05, 4.69) is 24.8 Å². The maximum atomic E-state index is 5.83. The first-order chi connectivity index (χ1) is 8.33. The summed E-state index contributed by atoms with van der Waals surface area (Å²) in [6.45, 7) is 1.17. The smallest absolute Gasteiger partial charge is 0.307 e. The highest BCUT2D eigenvalue weighted by Gasteiger charge is 2.43. The summed E-state index contributed by atoms with van der Waals surface area (Å²) in [4.78, 5) is 11.5. The molecule has 3 atom stereocenters. The average Bonchev–Trinajstić information content (AvgIpc) is 3.03. The van der Waals surface area contributed by atoms with Crippen LogP contribution in [-0.2, 0) is 0 Å². The Bertz CT molecular complexity index is 576. The van der Waals surface area contributed by atoms with E-state index in [1.807, 2.05) is 6.33 Å². The number of H-pyrrole nitrogens is 1. The molecule has 2 fully saturated rings. The Morgan fingerprint density at radius 3 is 3.06 bits per heavy atom. The van der Waals surface area contributed by atoms with Gasteiger partial charge in [0.15, 0.2) is 18.5 Å². The van der Waals surface area contributed by atoms with Gasteiger partial charge in [0.1, 0.15) is 0 Å². The number of aromatic amines is 1. The van der Waals surface area contributed by atoms with Crippen molar-refractivity contribution in [2.45, 2.75) is 24.9 Å². The number of nitrogens with one attached hydrogen (secondary N) is 2. The quantitative estimate of drug-likeness (QED) is 0.591. The summed E-state index contributed by atoms with van der Waals surface area (Å²) in [7, 11) is 0. The van der Waals surface area contributed by atoms with E-state index in [0.29, 0.717) is 17.9 Å². The monoisotopic (exact) mass is 231 g/mol. The number of fused-ring (bicyclic) bond motifs is 3. The van der Waals surface area contributed by atoms with Crippen molar-refractivity contribution >= 4 is 17.0 Å². The molecule has 4 N–H and O–H groups in total. The zero-order chi connectivity index (χ0) is 11.4. The number of imidazole rings is 1. The average molecular weight is 231 g/mol. The van der Waals surface area contributed by atoms with Gasteiger partial charge in [-0.1, -0.05) is 4.98 Å². The lowest BCUT2D eigenvalue weighted by Gasteiger charge is -2.20. The topological polar surface area (TPSA) is 83.5 Å². The highest BCUT2D eigenvalue weighted by Crippen LogP contribution is 2.36. The van der Waals surface area contributed by atoms with E-state index < -0.39 is 0 Å². The molecule has 2 aromatic rings. The summed E-state index contributed by atoms with van der Waals surface area (Å²) in [6, 6.07) is 1.08. The number of nitrogens with zero attached hydrogens (tertiary/aromatic N) is 3. The largest absolute Gasteiger partial charge is 0.380 e. The van der Waals surface area contributed by atoms with E-state index in [1.54, 1.807) is 0 Å². The third-order valence-corrected chi connectivity index (χ3v) is 4.10. The second kappa shape index (κ2) is 3.16. The van der Waals surface area contributed by atoms with E-state index in [-0.39, 0.29) is 0 Å². The maximum absolute atomic E-state index is 5.83. The molecule has 6 nitrogen and oxygen atoms in total. The van der Waals surface area contributed by atoms with Crippen molar-refractivity contribution in [3.05, 3.63) is 12.7 Å². The highest BCUT2D eigenvalue weighted by atomic mass is 15.2. The van der Waals surface area contributed by atoms with Crippen LogP contribution in [0.15, 0.2) is 12.7 Å². The molecule has 0 amide bonds. The van der Waals surface area contributed by atoms with Gasteiger partial charge in [-0.15, -0.1) is 0 Å². The Morgan fingerprint density at radius 2 is 2.29 bits per heavy atom. The molecule has 1 saturated carbocycles. The predicted molar refractivity (Wildman–Crippen MR) is 62.0 cm³/mol. The molecule has 88 valence electrons.